The molecule has 0 spiro atoms. The molecule has 3 atom stereocenters. The molecule has 5 amide bonds. The SMILES string of the molecule is CC(C)(C)OC(=O)C1CCCN1C(=O)OC(C)(C)C.CCC1(OC(=O)C2CCCN2C(=O)OC(C)(C)C)CCCC1.CCC1(OC(=O)C2CCCN2C(=O)OC2(CC)CCCC2)CCCC1.CCC1(OC(=O)NC2(C(=O)OC3(CC)CCCC3)C3CC4CC(C3)CC2C4)CCCC1.CCC1(OC(=O)NC2(C(=O)OC3(CC)OCCO3)C3CC4CC(C3)CC2C4)CCCC1. The predicted octanol–water partition coefficient (Wildman–Crippen LogP) is 21.1. The number of carbonyl (C=O) groups is 10. The molecule has 8 bridgehead atoms. The van der Waals surface area contributed by atoms with Crippen molar-refractivity contribution >= 4 is 60.3 Å². The topological polar surface area (TPSA) is 315 Å². The molecular formula is C101H165N5O22. The van der Waals surface area contributed by atoms with E-state index < -0.39 is 81.8 Å². The summed E-state index contributed by atoms with van der Waals surface area (Å²) in [6.45, 7) is 33.3. The second-order valence-corrected chi connectivity index (χ2v) is 44.6. The Morgan fingerprint density at radius 2 is 0.555 bits per heavy atom. The lowest BCUT2D eigenvalue weighted by Gasteiger charge is -2.59. The van der Waals surface area contributed by atoms with Crippen molar-refractivity contribution < 1.29 is 105 Å². The highest BCUT2D eigenvalue weighted by atomic mass is 16.9. The van der Waals surface area contributed by atoms with Crippen LogP contribution in [0, 0.1) is 47.3 Å². The summed E-state index contributed by atoms with van der Waals surface area (Å²) in [6.07, 6.45) is 43.0. The number of esters is 5. The third-order valence-electron chi connectivity index (χ3n) is 32.8. The van der Waals surface area contributed by atoms with Crippen LogP contribution in [0.25, 0.3) is 0 Å². The van der Waals surface area contributed by atoms with Gasteiger partial charge in [0.05, 0.1) is 13.2 Å². The van der Waals surface area contributed by atoms with Gasteiger partial charge >= 0.3 is 66.3 Å². The van der Waals surface area contributed by atoms with E-state index >= 15 is 0 Å². The fraction of sp³-hybridized carbons (Fsp3) is 0.901. The first-order chi connectivity index (χ1) is 60.6. The molecule has 128 heavy (non-hydrogen) atoms. The number of nitrogens with one attached hydrogen (secondary N) is 2. The summed E-state index contributed by atoms with van der Waals surface area (Å²) in [5, 5.41) is 6.37. The highest BCUT2D eigenvalue weighted by Gasteiger charge is 2.67. The Morgan fingerprint density at radius 3 is 0.836 bits per heavy atom. The van der Waals surface area contributed by atoms with Crippen LogP contribution >= 0.6 is 0 Å². The predicted molar refractivity (Wildman–Crippen MR) is 481 cm³/mol. The molecular weight excluding hydrogens is 1640 g/mol. The molecule has 0 aromatic rings. The van der Waals surface area contributed by atoms with Crippen molar-refractivity contribution in [3.8, 4) is 0 Å². The molecule has 4 saturated heterocycles. The van der Waals surface area contributed by atoms with E-state index in [9.17, 15) is 47.9 Å². The number of alkyl carbamates (subject to hydrolysis) is 2. The monoisotopic (exact) mass is 1800 g/mol. The maximum Gasteiger partial charge on any atom is 0.411 e. The van der Waals surface area contributed by atoms with Crippen LogP contribution in [-0.4, -0.2) is 193 Å². The van der Waals surface area contributed by atoms with Gasteiger partial charge < -0.3 is 67.5 Å². The maximum absolute atomic E-state index is 14.0. The molecule has 27 nitrogen and oxygen atoms in total. The molecule has 2 N–H and O–H groups in total. The van der Waals surface area contributed by atoms with Crippen molar-refractivity contribution in [3.05, 3.63) is 0 Å². The first-order valence-corrected chi connectivity index (χ1v) is 51.1. The second-order valence-electron chi connectivity index (χ2n) is 44.6. The zero-order chi connectivity index (χ0) is 92.5. The average molecular weight is 1800 g/mol. The van der Waals surface area contributed by atoms with E-state index in [1.807, 2.05) is 69.2 Å². The van der Waals surface area contributed by atoms with Crippen LogP contribution in [-0.2, 0) is 80.8 Å². The molecule has 4 aliphatic heterocycles. The Hall–Kier alpha value is -6.38. The van der Waals surface area contributed by atoms with Gasteiger partial charge in [-0.05, 0) is 405 Å². The Labute approximate surface area is 765 Å². The van der Waals surface area contributed by atoms with Crippen molar-refractivity contribution in [1.82, 2.24) is 25.3 Å². The highest BCUT2D eigenvalue weighted by molar-refractivity contribution is 5.89. The fourth-order valence-electron chi connectivity index (χ4n) is 25.9. The maximum atomic E-state index is 14.0. The van der Waals surface area contributed by atoms with Gasteiger partial charge in [-0.3, -0.25) is 14.7 Å². The second kappa shape index (κ2) is 41.6. The van der Waals surface area contributed by atoms with Gasteiger partial charge in [0.1, 0.15) is 79.6 Å². The van der Waals surface area contributed by atoms with Crippen LogP contribution in [0.4, 0.5) is 24.0 Å². The largest absolute Gasteiger partial charge is 0.458 e. The number of hydrogen-bond acceptors (Lipinski definition) is 22. The van der Waals surface area contributed by atoms with Crippen molar-refractivity contribution in [3.63, 3.8) is 0 Å². The summed E-state index contributed by atoms with van der Waals surface area (Å²) < 4.78 is 69.6. The lowest BCUT2D eigenvalue weighted by molar-refractivity contribution is -0.320. The van der Waals surface area contributed by atoms with Gasteiger partial charge in [0.2, 0.25) is 0 Å². The number of nitrogens with zero attached hydrogens (tertiary/aromatic N) is 3. The third-order valence-corrected chi connectivity index (χ3v) is 32.8. The van der Waals surface area contributed by atoms with Gasteiger partial charge in [-0.25, -0.2) is 47.9 Å². The summed E-state index contributed by atoms with van der Waals surface area (Å²) >= 11 is 0. The summed E-state index contributed by atoms with van der Waals surface area (Å²) in [5.41, 5.74) is -5.59. The molecule has 27 heteroatoms. The van der Waals surface area contributed by atoms with Gasteiger partial charge in [-0.1, -0.05) is 48.5 Å². The number of hydrogen-bond donors (Lipinski definition) is 2. The Bertz CT molecular complexity index is 3520. The average Bonchev–Trinajstić information content (AvgIpc) is 0.867. The van der Waals surface area contributed by atoms with E-state index in [1.54, 1.807) is 4.90 Å². The molecule has 18 rings (SSSR count). The van der Waals surface area contributed by atoms with Crippen LogP contribution in [0.15, 0.2) is 0 Å². The van der Waals surface area contributed by atoms with Crippen LogP contribution < -0.4 is 10.6 Å². The number of carbonyl (C=O) groups excluding carboxylic acids is 10. The zero-order valence-electron chi connectivity index (χ0n) is 81.4. The summed E-state index contributed by atoms with van der Waals surface area (Å²) in [4.78, 5) is 134. The first kappa shape index (κ1) is 101. The van der Waals surface area contributed by atoms with Crippen LogP contribution in [0.1, 0.15) is 413 Å². The van der Waals surface area contributed by atoms with E-state index in [0.29, 0.717) is 82.2 Å². The van der Waals surface area contributed by atoms with E-state index in [1.165, 1.54) is 22.6 Å². The Balaban J connectivity index is 0.000000147. The first-order valence-electron chi connectivity index (χ1n) is 51.1. The van der Waals surface area contributed by atoms with E-state index in [-0.39, 0.29) is 87.7 Å². The molecule has 0 aromatic carbocycles. The van der Waals surface area contributed by atoms with Crippen LogP contribution in [0.3, 0.4) is 0 Å². The van der Waals surface area contributed by atoms with Gasteiger partial charge in [0.25, 0.3) is 0 Å². The minimum atomic E-state index is -1.33. The lowest BCUT2D eigenvalue weighted by Crippen LogP contribution is -2.71. The molecule has 14 aliphatic carbocycles. The normalized spacial score (nSPS) is 31.7. The van der Waals surface area contributed by atoms with Crippen LogP contribution in [0.5, 0.6) is 0 Å². The number of likely N-dealkylation sites (tertiary alicyclic amines) is 3. The third kappa shape index (κ3) is 23.5. The van der Waals surface area contributed by atoms with Crippen molar-refractivity contribution in [2.24, 2.45) is 47.3 Å². The Morgan fingerprint density at radius 1 is 0.297 bits per heavy atom. The standard InChI is InChI=1S/C26H41NO4.C24H37NO6.C20H33NO4.C17H29NO4.C14H25NO4/c1-3-24(9-5-6-10-24)30-22(28)26(20-14-18-13-19(16-20)17-21(26)15-18)27-23(29)31-25(4-2)11-7-8-12-25;1-3-22(7-5-6-8-22)31-21(27)25-24(20(26)30-23(4-2)28-9-10-29-23)18-12-16-11-17(14-18)15-19(24)13-16;1-3-19(11-5-6-12-19)24-17(22)16-10-9-15-21(16)18(23)25-20(4-2)13-7-8-14-20;1-5-17(10-6-7-11-17)21-14(19)13-9-8-12-18(13)15(20)22-16(2,3)4;1-13(2,3)18-11(16)10-8-7-9-15(10)12(17)19-14(4,5)6/h18-21H,3-17H2,1-2H3,(H,27,29);16-19H,3-15H2,1-2H3,(H,25,27);16H,3-15H2,1-2H3;13H,5-12H2,1-4H3;10H,7-9H2,1-6H3. The van der Waals surface area contributed by atoms with E-state index in [0.717, 1.165) is 263 Å². The molecule has 18 aliphatic rings. The van der Waals surface area contributed by atoms with Gasteiger partial charge in [0, 0.05) is 26.1 Å². The molecule has 0 radical (unpaired) electrons. The van der Waals surface area contributed by atoms with Crippen molar-refractivity contribution in [1.29, 1.82) is 0 Å². The van der Waals surface area contributed by atoms with Gasteiger partial charge in [0.15, 0.2) is 0 Å². The fourth-order valence-corrected chi connectivity index (χ4v) is 25.9. The minimum absolute atomic E-state index is 0.0836. The number of amides is 5. The smallest absolute Gasteiger partial charge is 0.411 e. The molecule has 4 heterocycles. The molecule has 14 saturated carbocycles. The molecule has 3 unspecified atom stereocenters. The highest BCUT2D eigenvalue weighted by Crippen LogP contribution is 2.62. The summed E-state index contributed by atoms with van der Waals surface area (Å²) in [7, 11) is 0. The van der Waals surface area contributed by atoms with E-state index in [2.05, 4.69) is 52.2 Å². The summed E-state index contributed by atoms with van der Waals surface area (Å²) in [5.74, 6) is 0.557. The van der Waals surface area contributed by atoms with Crippen LogP contribution in [0.2, 0.25) is 0 Å². The molecule has 18 fully saturated rings. The molecule has 0 aromatic heterocycles. The summed E-state index contributed by atoms with van der Waals surface area (Å²) in [6, 6.07) is -1.47. The minimum Gasteiger partial charge on any atom is -0.458 e. The van der Waals surface area contributed by atoms with E-state index in [4.69, 9.17) is 56.8 Å². The quantitative estimate of drug-likeness (QED) is 0.0796. The number of ether oxygens (including phenoxy) is 12. The Kier molecular flexibility index (Phi) is 32.7. The number of rotatable bonds is 21. The zero-order valence-corrected chi connectivity index (χ0v) is 81.4. The van der Waals surface area contributed by atoms with Crippen molar-refractivity contribution in [2.45, 2.75) is 498 Å². The van der Waals surface area contributed by atoms with Gasteiger partial charge in [-0.15, -0.1) is 0 Å². The lowest BCUT2D eigenvalue weighted by atomic mass is 9.48. The van der Waals surface area contributed by atoms with Crippen molar-refractivity contribution in [2.75, 3.05) is 32.8 Å². The van der Waals surface area contributed by atoms with Gasteiger partial charge in [-0.2, -0.15) is 0 Å². The molecule has 726 valence electrons.